The Labute approximate surface area is 178 Å². The van der Waals surface area contributed by atoms with Crippen LogP contribution in [0.3, 0.4) is 0 Å². The first-order valence-electron chi connectivity index (χ1n) is 10.3. The highest BCUT2D eigenvalue weighted by molar-refractivity contribution is 7.90. The third kappa shape index (κ3) is 4.62. The molecule has 6 heteroatoms. The number of benzene rings is 2. The molecule has 0 amide bonds. The predicted molar refractivity (Wildman–Crippen MR) is 117 cm³/mol. The fraction of sp³-hybridized carbons (Fsp3) is 0.478. The summed E-state index contributed by atoms with van der Waals surface area (Å²) in [4.78, 5) is 2.97. The van der Waals surface area contributed by atoms with Crippen LogP contribution in [0.25, 0.3) is 0 Å². The molecule has 1 aliphatic carbocycles. The van der Waals surface area contributed by atoms with Crippen LogP contribution in [0.2, 0.25) is 5.02 Å². The van der Waals surface area contributed by atoms with E-state index in [9.17, 15) is 8.42 Å². The van der Waals surface area contributed by atoms with Gasteiger partial charge in [-0.25, -0.2) is 8.42 Å². The van der Waals surface area contributed by atoms with E-state index in [1.54, 1.807) is 24.3 Å². The number of halogens is 1. The summed E-state index contributed by atoms with van der Waals surface area (Å²) in [6.07, 6.45) is 5.62. The molecule has 2 aromatic carbocycles. The molecule has 0 spiro atoms. The number of fused-ring (bicyclic) bond motifs is 1. The summed E-state index contributed by atoms with van der Waals surface area (Å²) in [6, 6.07) is 14.1. The van der Waals surface area contributed by atoms with Gasteiger partial charge in [0, 0.05) is 35.8 Å². The zero-order valence-corrected chi connectivity index (χ0v) is 18.5. The quantitative estimate of drug-likeness (QED) is 0.701. The molecule has 0 bridgehead atoms. The van der Waals surface area contributed by atoms with E-state index in [2.05, 4.69) is 24.0 Å². The van der Waals surface area contributed by atoms with Crippen LogP contribution < -0.4 is 4.74 Å². The second-order valence-corrected chi connectivity index (χ2v) is 10.9. The zero-order valence-electron chi connectivity index (χ0n) is 17.0. The number of nitrogens with zero attached hydrogens (tertiary/aromatic N) is 1. The van der Waals surface area contributed by atoms with E-state index in [1.165, 1.54) is 17.4 Å². The van der Waals surface area contributed by atoms with Gasteiger partial charge in [-0.15, -0.1) is 0 Å². The standard InChI is InChI=1S/C23H28ClNO3S/c1-16-12-17(15-28-20-7-9-21(10-8-20)29(2,26)27)14-25(16)19-6-11-22-18(13-19)4-3-5-23(22)24/h3-5,7-10,16-17,19H,6,11-15H2,1-2H3/t16-,17+,19+/m1/s1. The topological polar surface area (TPSA) is 46.6 Å². The van der Waals surface area contributed by atoms with Crippen molar-refractivity contribution in [3.63, 3.8) is 0 Å². The number of hydrogen-bond acceptors (Lipinski definition) is 4. The molecule has 156 valence electrons. The Kier molecular flexibility index (Phi) is 5.92. The first-order valence-corrected chi connectivity index (χ1v) is 12.5. The molecular weight excluding hydrogens is 406 g/mol. The molecule has 0 unspecified atom stereocenters. The normalized spacial score (nSPS) is 25.0. The van der Waals surface area contributed by atoms with E-state index >= 15 is 0 Å². The third-order valence-corrected chi connectivity index (χ3v) is 7.80. The predicted octanol–water partition coefficient (Wildman–Crippen LogP) is 4.39. The van der Waals surface area contributed by atoms with Gasteiger partial charge < -0.3 is 4.74 Å². The summed E-state index contributed by atoms with van der Waals surface area (Å²) >= 11 is 6.37. The molecule has 0 N–H and O–H groups in total. The smallest absolute Gasteiger partial charge is 0.175 e. The minimum atomic E-state index is -3.17. The number of ether oxygens (including phenoxy) is 1. The van der Waals surface area contributed by atoms with E-state index in [0.717, 1.165) is 43.0 Å². The summed E-state index contributed by atoms with van der Waals surface area (Å²) in [7, 11) is -3.17. The van der Waals surface area contributed by atoms with Crippen molar-refractivity contribution in [3.8, 4) is 5.75 Å². The average molecular weight is 434 g/mol. The maximum absolute atomic E-state index is 11.6. The van der Waals surface area contributed by atoms with Crippen LogP contribution in [0.15, 0.2) is 47.4 Å². The van der Waals surface area contributed by atoms with Crippen molar-refractivity contribution >= 4 is 21.4 Å². The van der Waals surface area contributed by atoms with Gasteiger partial charge in [-0.05, 0) is 74.1 Å². The zero-order chi connectivity index (χ0) is 20.6. The molecule has 1 fully saturated rings. The highest BCUT2D eigenvalue weighted by Gasteiger charge is 2.35. The Morgan fingerprint density at radius 2 is 1.93 bits per heavy atom. The van der Waals surface area contributed by atoms with Crippen LogP contribution in [-0.2, 0) is 22.7 Å². The van der Waals surface area contributed by atoms with Crippen molar-refractivity contribution in [1.82, 2.24) is 4.90 Å². The van der Waals surface area contributed by atoms with Gasteiger partial charge in [0.2, 0.25) is 0 Å². The molecule has 2 aromatic rings. The van der Waals surface area contributed by atoms with Crippen molar-refractivity contribution in [3.05, 3.63) is 58.6 Å². The van der Waals surface area contributed by atoms with E-state index in [-0.39, 0.29) is 0 Å². The maximum Gasteiger partial charge on any atom is 0.175 e. The Morgan fingerprint density at radius 3 is 2.66 bits per heavy atom. The Balaban J connectivity index is 1.34. The van der Waals surface area contributed by atoms with Gasteiger partial charge in [-0.1, -0.05) is 23.7 Å². The lowest BCUT2D eigenvalue weighted by Gasteiger charge is -2.35. The molecule has 4 nitrogen and oxygen atoms in total. The molecule has 1 heterocycles. The van der Waals surface area contributed by atoms with E-state index in [4.69, 9.17) is 16.3 Å². The van der Waals surface area contributed by atoms with Crippen LogP contribution in [0, 0.1) is 5.92 Å². The minimum absolute atomic E-state index is 0.322. The third-order valence-electron chi connectivity index (χ3n) is 6.32. The van der Waals surface area contributed by atoms with Gasteiger partial charge in [0.05, 0.1) is 11.5 Å². The molecule has 2 aliphatic rings. The van der Waals surface area contributed by atoms with Crippen LogP contribution in [0.1, 0.15) is 30.9 Å². The first-order chi connectivity index (χ1) is 13.8. The van der Waals surface area contributed by atoms with Crippen molar-refractivity contribution in [2.75, 3.05) is 19.4 Å². The molecule has 1 aliphatic heterocycles. The second kappa shape index (κ2) is 8.29. The Morgan fingerprint density at radius 1 is 1.17 bits per heavy atom. The molecule has 3 atom stereocenters. The summed E-state index contributed by atoms with van der Waals surface area (Å²) in [5, 5.41) is 0.906. The summed E-state index contributed by atoms with van der Waals surface area (Å²) < 4.78 is 29.1. The monoisotopic (exact) mass is 433 g/mol. The van der Waals surface area contributed by atoms with E-state index in [1.807, 2.05) is 6.07 Å². The van der Waals surface area contributed by atoms with Crippen molar-refractivity contribution in [1.29, 1.82) is 0 Å². The van der Waals surface area contributed by atoms with Crippen molar-refractivity contribution in [2.45, 2.75) is 49.6 Å². The van der Waals surface area contributed by atoms with Gasteiger partial charge in [0.25, 0.3) is 0 Å². The SMILES string of the molecule is C[C@@H]1C[C@H](COc2ccc(S(C)(=O)=O)cc2)CN1[C@H]1CCc2c(Cl)cccc2C1. The maximum atomic E-state index is 11.6. The average Bonchev–Trinajstić information content (AvgIpc) is 3.06. The number of sulfone groups is 1. The van der Waals surface area contributed by atoms with Gasteiger partial charge in [0.15, 0.2) is 9.84 Å². The molecule has 0 aromatic heterocycles. The fourth-order valence-electron chi connectivity index (χ4n) is 4.82. The van der Waals surface area contributed by atoms with Crippen molar-refractivity contribution in [2.24, 2.45) is 5.92 Å². The fourth-order valence-corrected chi connectivity index (χ4v) is 5.74. The Bertz CT molecular complexity index is 974. The van der Waals surface area contributed by atoms with Crippen LogP contribution >= 0.6 is 11.6 Å². The van der Waals surface area contributed by atoms with Crippen LogP contribution in [-0.4, -0.2) is 44.8 Å². The van der Waals surface area contributed by atoms with Gasteiger partial charge >= 0.3 is 0 Å². The number of hydrogen-bond donors (Lipinski definition) is 0. The summed E-state index contributed by atoms with van der Waals surface area (Å²) in [6.45, 7) is 4.02. The number of rotatable bonds is 5. The molecule has 0 saturated carbocycles. The van der Waals surface area contributed by atoms with Gasteiger partial charge in [-0.3, -0.25) is 4.90 Å². The molecule has 1 saturated heterocycles. The second-order valence-electron chi connectivity index (χ2n) is 8.48. The van der Waals surface area contributed by atoms with E-state index < -0.39 is 9.84 Å². The van der Waals surface area contributed by atoms with Crippen molar-refractivity contribution < 1.29 is 13.2 Å². The molecular formula is C23H28ClNO3S. The first kappa shape index (κ1) is 20.7. The summed E-state index contributed by atoms with van der Waals surface area (Å²) in [5.41, 5.74) is 2.72. The Hall–Kier alpha value is -1.56. The lowest BCUT2D eigenvalue weighted by Crippen LogP contribution is -2.41. The van der Waals surface area contributed by atoms with Crippen LogP contribution in [0.5, 0.6) is 5.75 Å². The van der Waals surface area contributed by atoms with E-state index in [0.29, 0.717) is 29.5 Å². The molecule has 0 radical (unpaired) electrons. The van der Waals surface area contributed by atoms with Crippen LogP contribution in [0.4, 0.5) is 0 Å². The van der Waals surface area contributed by atoms with Gasteiger partial charge in [0.1, 0.15) is 5.75 Å². The highest BCUT2D eigenvalue weighted by atomic mass is 35.5. The lowest BCUT2D eigenvalue weighted by atomic mass is 9.87. The highest BCUT2D eigenvalue weighted by Crippen LogP contribution is 2.34. The lowest BCUT2D eigenvalue weighted by molar-refractivity contribution is 0.164. The largest absolute Gasteiger partial charge is 0.493 e. The number of likely N-dealkylation sites (tertiary alicyclic amines) is 1. The summed E-state index contributed by atoms with van der Waals surface area (Å²) in [5.74, 6) is 1.21. The molecule has 4 rings (SSSR count). The molecule has 29 heavy (non-hydrogen) atoms. The van der Waals surface area contributed by atoms with Gasteiger partial charge in [-0.2, -0.15) is 0 Å². The minimum Gasteiger partial charge on any atom is -0.493 e.